The Labute approximate surface area is 156 Å². The number of esters is 1. The maximum atomic E-state index is 13.6. The van der Waals surface area contributed by atoms with Crippen LogP contribution in [0.5, 0.6) is 5.75 Å². The summed E-state index contributed by atoms with van der Waals surface area (Å²) in [7, 11) is 1.31. The summed E-state index contributed by atoms with van der Waals surface area (Å²) in [6.45, 7) is 3.07. The lowest BCUT2D eigenvalue weighted by Crippen LogP contribution is -2.18. The van der Waals surface area contributed by atoms with Gasteiger partial charge >= 0.3 is 5.97 Å². The summed E-state index contributed by atoms with van der Waals surface area (Å²) in [5.74, 6) is -2.21. The minimum Gasteiger partial charge on any atom is -0.494 e. The van der Waals surface area contributed by atoms with Crippen molar-refractivity contribution in [1.82, 2.24) is 0 Å². The molecule has 7 heteroatoms. The Bertz CT molecular complexity index is 846. The highest BCUT2D eigenvalue weighted by atomic mass is 19.1. The first-order valence-corrected chi connectivity index (χ1v) is 8.26. The number of carbonyl (C=O) groups excluding carboxylic acids is 3. The molecule has 0 saturated carbocycles. The van der Waals surface area contributed by atoms with Gasteiger partial charge in [-0.2, -0.15) is 0 Å². The van der Waals surface area contributed by atoms with Gasteiger partial charge in [-0.3, -0.25) is 9.59 Å². The molecule has 2 aromatic rings. The summed E-state index contributed by atoms with van der Waals surface area (Å²) in [4.78, 5) is 35.7. The maximum Gasteiger partial charge on any atom is 0.338 e. The van der Waals surface area contributed by atoms with Gasteiger partial charge < -0.3 is 14.8 Å². The van der Waals surface area contributed by atoms with Gasteiger partial charge in [0.1, 0.15) is 0 Å². The predicted octanol–water partition coefficient (Wildman–Crippen LogP) is 3.47. The number of halogens is 1. The van der Waals surface area contributed by atoms with Crippen LogP contribution in [0.15, 0.2) is 42.5 Å². The van der Waals surface area contributed by atoms with E-state index in [1.54, 1.807) is 26.0 Å². The summed E-state index contributed by atoms with van der Waals surface area (Å²) in [6, 6.07) is 9.87. The monoisotopic (exact) mass is 373 g/mol. The number of methoxy groups -OCH3 is 1. The summed E-state index contributed by atoms with van der Waals surface area (Å²) in [6.07, 6.45) is 0. The normalized spacial score (nSPS) is 10.4. The summed E-state index contributed by atoms with van der Waals surface area (Å²) in [5.41, 5.74) is 0.870. The molecule has 0 aliphatic heterocycles. The van der Waals surface area contributed by atoms with E-state index in [1.807, 2.05) is 0 Å². The molecule has 27 heavy (non-hydrogen) atoms. The molecule has 0 radical (unpaired) electrons. The zero-order chi connectivity index (χ0) is 20.0. The highest BCUT2D eigenvalue weighted by Crippen LogP contribution is 2.18. The SMILES string of the molecule is COc1ccc(C(=O)OCC(=O)c2ccc(NC(=O)C(C)C)cc2)cc1F. The fourth-order valence-electron chi connectivity index (χ4n) is 2.12. The van der Waals surface area contributed by atoms with Crippen molar-refractivity contribution in [1.29, 1.82) is 0 Å². The van der Waals surface area contributed by atoms with Crippen LogP contribution < -0.4 is 10.1 Å². The molecule has 2 rings (SSSR count). The molecule has 0 unspecified atom stereocenters. The first-order valence-electron chi connectivity index (χ1n) is 8.26. The number of rotatable bonds is 7. The number of anilines is 1. The number of hydrogen-bond acceptors (Lipinski definition) is 5. The van der Waals surface area contributed by atoms with Crippen molar-refractivity contribution in [3.63, 3.8) is 0 Å². The Balaban J connectivity index is 1.94. The number of benzene rings is 2. The molecule has 6 nitrogen and oxygen atoms in total. The van der Waals surface area contributed by atoms with E-state index < -0.39 is 24.2 Å². The fraction of sp³-hybridized carbons (Fsp3) is 0.250. The fourth-order valence-corrected chi connectivity index (χ4v) is 2.12. The Morgan fingerprint density at radius 3 is 2.22 bits per heavy atom. The molecule has 1 amide bonds. The number of ketones is 1. The van der Waals surface area contributed by atoms with Gasteiger partial charge in [0.2, 0.25) is 5.91 Å². The summed E-state index contributed by atoms with van der Waals surface area (Å²) in [5, 5.41) is 2.71. The molecule has 0 saturated heterocycles. The van der Waals surface area contributed by atoms with E-state index in [0.29, 0.717) is 11.3 Å². The van der Waals surface area contributed by atoms with Crippen LogP contribution >= 0.6 is 0 Å². The second kappa shape index (κ2) is 8.93. The molecular formula is C20H20FNO5. The van der Waals surface area contributed by atoms with Crippen molar-refractivity contribution in [3.05, 3.63) is 59.4 Å². The average Bonchev–Trinajstić information content (AvgIpc) is 2.66. The zero-order valence-electron chi connectivity index (χ0n) is 15.2. The van der Waals surface area contributed by atoms with E-state index >= 15 is 0 Å². The van der Waals surface area contributed by atoms with Gasteiger partial charge in [-0.1, -0.05) is 13.8 Å². The highest BCUT2D eigenvalue weighted by Gasteiger charge is 2.14. The van der Waals surface area contributed by atoms with Crippen LogP contribution in [0, 0.1) is 11.7 Å². The maximum absolute atomic E-state index is 13.6. The van der Waals surface area contributed by atoms with E-state index in [2.05, 4.69) is 5.32 Å². The Kier molecular flexibility index (Phi) is 6.65. The third-order valence-electron chi connectivity index (χ3n) is 3.72. The van der Waals surface area contributed by atoms with Crippen molar-refractivity contribution in [2.24, 2.45) is 5.92 Å². The number of carbonyl (C=O) groups is 3. The second-order valence-electron chi connectivity index (χ2n) is 6.07. The van der Waals surface area contributed by atoms with Crippen molar-refractivity contribution in [3.8, 4) is 5.75 Å². The van der Waals surface area contributed by atoms with Crippen LogP contribution in [0.3, 0.4) is 0 Å². The van der Waals surface area contributed by atoms with E-state index in [4.69, 9.17) is 9.47 Å². The lowest BCUT2D eigenvalue weighted by molar-refractivity contribution is -0.118. The Morgan fingerprint density at radius 2 is 1.67 bits per heavy atom. The zero-order valence-corrected chi connectivity index (χ0v) is 15.2. The summed E-state index contributed by atoms with van der Waals surface area (Å²) < 4.78 is 23.3. The Hall–Kier alpha value is -3.22. The number of Topliss-reactive ketones (excluding diaryl/α,β-unsaturated/α-hetero) is 1. The van der Waals surface area contributed by atoms with Gasteiger partial charge in [0.25, 0.3) is 0 Å². The molecule has 0 atom stereocenters. The van der Waals surface area contributed by atoms with Gasteiger partial charge in [0.15, 0.2) is 24.0 Å². The Morgan fingerprint density at radius 1 is 1.04 bits per heavy atom. The van der Waals surface area contributed by atoms with Gasteiger partial charge in [-0.15, -0.1) is 0 Å². The molecule has 1 N–H and O–H groups in total. The minimum atomic E-state index is -0.814. The van der Waals surface area contributed by atoms with Gasteiger partial charge in [-0.25, -0.2) is 9.18 Å². The average molecular weight is 373 g/mol. The third kappa shape index (κ3) is 5.37. The molecule has 0 heterocycles. The molecule has 0 fully saturated rings. The minimum absolute atomic E-state index is 0.00674. The van der Waals surface area contributed by atoms with Crippen LogP contribution in [-0.2, 0) is 9.53 Å². The van der Waals surface area contributed by atoms with Crippen LogP contribution in [0.2, 0.25) is 0 Å². The first-order chi connectivity index (χ1) is 12.8. The molecule has 0 aliphatic rings. The molecule has 142 valence electrons. The number of amides is 1. The molecule has 2 aromatic carbocycles. The lowest BCUT2D eigenvalue weighted by Gasteiger charge is -2.09. The quantitative estimate of drug-likeness (QED) is 0.594. The predicted molar refractivity (Wildman–Crippen MR) is 97.5 cm³/mol. The molecule has 0 bridgehead atoms. The molecule has 0 spiro atoms. The summed E-state index contributed by atoms with van der Waals surface area (Å²) >= 11 is 0. The van der Waals surface area contributed by atoms with Crippen molar-refractivity contribution in [2.75, 3.05) is 19.0 Å². The number of hydrogen-bond donors (Lipinski definition) is 1. The topological polar surface area (TPSA) is 81.7 Å². The van der Waals surface area contributed by atoms with Crippen LogP contribution in [-0.4, -0.2) is 31.4 Å². The second-order valence-corrected chi connectivity index (χ2v) is 6.07. The number of nitrogens with one attached hydrogen (secondary N) is 1. The van der Waals surface area contributed by atoms with Crippen molar-refractivity contribution >= 4 is 23.3 Å². The highest BCUT2D eigenvalue weighted by molar-refractivity contribution is 6.00. The lowest BCUT2D eigenvalue weighted by atomic mass is 10.1. The van der Waals surface area contributed by atoms with E-state index in [0.717, 1.165) is 6.07 Å². The largest absolute Gasteiger partial charge is 0.494 e. The van der Waals surface area contributed by atoms with E-state index in [-0.39, 0.29) is 23.1 Å². The van der Waals surface area contributed by atoms with Crippen molar-refractivity contribution < 1.29 is 28.2 Å². The van der Waals surface area contributed by atoms with Gasteiger partial charge in [0.05, 0.1) is 12.7 Å². The third-order valence-corrected chi connectivity index (χ3v) is 3.72. The number of ether oxygens (including phenoxy) is 2. The smallest absolute Gasteiger partial charge is 0.338 e. The van der Waals surface area contributed by atoms with E-state index in [9.17, 15) is 18.8 Å². The standard InChI is InChI=1S/C20H20FNO5/c1-12(2)19(24)22-15-7-4-13(5-8-15)17(23)11-27-20(25)14-6-9-18(26-3)16(21)10-14/h4-10,12H,11H2,1-3H3,(H,22,24). The molecule has 0 aromatic heterocycles. The van der Waals surface area contributed by atoms with Gasteiger partial charge in [0, 0.05) is 17.2 Å². The van der Waals surface area contributed by atoms with Crippen molar-refractivity contribution in [2.45, 2.75) is 13.8 Å². The molecular weight excluding hydrogens is 353 g/mol. The first kappa shape index (κ1) is 20.1. The van der Waals surface area contributed by atoms with E-state index in [1.165, 1.54) is 31.4 Å². The van der Waals surface area contributed by atoms with Crippen LogP contribution in [0.4, 0.5) is 10.1 Å². The van der Waals surface area contributed by atoms with Crippen LogP contribution in [0.1, 0.15) is 34.6 Å². The van der Waals surface area contributed by atoms with Crippen LogP contribution in [0.25, 0.3) is 0 Å². The van der Waals surface area contributed by atoms with Gasteiger partial charge in [-0.05, 0) is 42.5 Å². The molecule has 0 aliphatic carbocycles.